The number of benzene rings is 2. The highest BCUT2D eigenvalue weighted by atomic mass is 19.4. The van der Waals surface area contributed by atoms with Gasteiger partial charge in [0.25, 0.3) is 0 Å². The molecule has 1 aliphatic rings. The molecule has 3 rings (SSSR count). The topological polar surface area (TPSA) is 21.7 Å². The SMILES string of the molecule is FC(F)Oc1ccc(C(ON2CCC2)c2ccccc2C(F)(F)F)cc1. The molecule has 0 radical (unpaired) electrons. The van der Waals surface area contributed by atoms with Crippen molar-refractivity contribution in [2.24, 2.45) is 0 Å². The Bertz CT molecular complexity index is 729. The predicted molar refractivity (Wildman–Crippen MR) is 83.6 cm³/mol. The Morgan fingerprint density at radius 3 is 2.12 bits per heavy atom. The summed E-state index contributed by atoms with van der Waals surface area (Å²) >= 11 is 0. The van der Waals surface area contributed by atoms with E-state index in [0.29, 0.717) is 18.7 Å². The molecule has 1 saturated heterocycles. The summed E-state index contributed by atoms with van der Waals surface area (Å²) in [4.78, 5) is 5.76. The van der Waals surface area contributed by atoms with Crippen LogP contribution in [0, 0.1) is 0 Å². The number of alkyl halides is 5. The van der Waals surface area contributed by atoms with Crippen molar-refractivity contribution in [3.8, 4) is 5.75 Å². The molecular formula is C18H16F5NO2. The molecule has 26 heavy (non-hydrogen) atoms. The number of hydrogen-bond donors (Lipinski definition) is 0. The third kappa shape index (κ3) is 4.31. The molecule has 0 bridgehead atoms. The van der Waals surface area contributed by atoms with Crippen molar-refractivity contribution in [2.45, 2.75) is 25.3 Å². The van der Waals surface area contributed by atoms with Gasteiger partial charge in [-0.3, -0.25) is 4.84 Å². The van der Waals surface area contributed by atoms with Crippen molar-refractivity contribution in [2.75, 3.05) is 13.1 Å². The summed E-state index contributed by atoms with van der Waals surface area (Å²) < 4.78 is 69.0. The van der Waals surface area contributed by atoms with E-state index >= 15 is 0 Å². The van der Waals surface area contributed by atoms with E-state index in [1.807, 2.05) is 0 Å². The Morgan fingerprint density at radius 2 is 1.58 bits per heavy atom. The molecule has 0 amide bonds. The van der Waals surface area contributed by atoms with Crippen LogP contribution >= 0.6 is 0 Å². The van der Waals surface area contributed by atoms with Crippen molar-refractivity contribution in [3.05, 3.63) is 65.2 Å². The number of halogens is 5. The van der Waals surface area contributed by atoms with Gasteiger partial charge in [0.2, 0.25) is 0 Å². The molecule has 3 nitrogen and oxygen atoms in total. The van der Waals surface area contributed by atoms with Crippen LogP contribution in [0.4, 0.5) is 22.0 Å². The van der Waals surface area contributed by atoms with E-state index < -0.39 is 24.5 Å². The van der Waals surface area contributed by atoms with Crippen LogP contribution in [-0.4, -0.2) is 24.8 Å². The van der Waals surface area contributed by atoms with E-state index in [1.54, 1.807) is 5.06 Å². The van der Waals surface area contributed by atoms with E-state index in [2.05, 4.69) is 4.74 Å². The van der Waals surface area contributed by atoms with Gasteiger partial charge in [0.1, 0.15) is 11.9 Å². The van der Waals surface area contributed by atoms with Crippen LogP contribution in [0.25, 0.3) is 0 Å². The van der Waals surface area contributed by atoms with Crippen molar-refractivity contribution in [1.82, 2.24) is 5.06 Å². The smallest absolute Gasteiger partial charge is 0.416 e. The van der Waals surface area contributed by atoms with Crippen molar-refractivity contribution in [3.63, 3.8) is 0 Å². The van der Waals surface area contributed by atoms with E-state index in [4.69, 9.17) is 4.84 Å². The minimum absolute atomic E-state index is 0.0329. The van der Waals surface area contributed by atoms with Gasteiger partial charge in [0, 0.05) is 13.1 Å². The lowest BCUT2D eigenvalue weighted by Gasteiger charge is -2.34. The maximum Gasteiger partial charge on any atom is 0.416 e. The highest BCUT2D eigenvalue weighted by Gasteiger charge is 2.36. The molecule has 1 atom stereocenters. The van der Waals surface area contributed by atoms with Gasteiger partial charge in [-0.1, -0.05) is 30.3 Å². The first-order valence-corrected chi connectivity index (χ1v) is 7.97. The van der Waals surface area contributed by atoms with Crippen molar-refractivity contribution in [1.29, 1.82) is 0 Å². The third-order valence-electron chi connectivity index (χ3n) is 4.03. The lowest BCUT2D eigenvalue weighted by atomic mass is 9.96. The van der Waals surface area contributed by atoms with E-state index in [-0.39, 0.29) is 11.3 Å². The number of hydroxylamine groups is 2. The lowest BCUT2D eigenvalue weighted by Crippen LogP contribution is -2.38. The maximum atomic E-state index is 13.4. The Kier molecular flexibility index (Phi) is 5.43. The molecule has 2 aromatic carbocycles. The van der Waals surface area contributed by atoms with Crippen LogP contribution in [-0.2, 0) is 11.0 Å². The lowest BCUT2D eigenvalue weighted by molar-refractivity contribution is -0.224. The molecule has 1 fully saturated rings. The first-order chi connectivity index (χ1) is 12.3. The van der Waals surface area contributed by atoms with Gasteiger partial charge < -0.3 is 4.74 Å². The Balaban J connectivity index is 1.96. The Hall–Kier alpha value is -2.19. The number of nitrogens with zero attached hydrogens (tertiary/aromatic N) is 1. The highest BCUT2D eigenvalue weighted by Crippen LogP contribution is 2.39. The monoisotopic (exact) mass is 373 g/mol. The summed E-state index contributed by atoms with van der Waals surface area (Å²) in [6, 6.07) is 10.6. The molecule has 8 heteroatoms. The highest BCUT2D eigenvalue weighted by molar-refractivity contribution is 5.39. The van der Waals surface area contributed by atoms with Crippen LogP contribution < -0.4 is 4.74 Å². The molecule has 0 N–H and O–H groups in total. The number of ether oxygens (including phenoxy) is 1. The fourth-order valence-electron chi connectivity index (χ4n) is 2.65. The summed E-state index contributed by atoms with van der Waals surface area (Å²) in [6.07, 6.45) is -4.64. The number of hydrogen-bond acceptors (Lipinski definition) is 3. The molecule has 1 unspecified atom stereocenters. The van der Waals surface area contributed by atoms with E-state index in [0.717, 1.165) is 12.5 Å². The Morgan fingerprint density at radius 1 is 0.923 bits per heavy atom. The quantitative estimate of drug-likeness (QED) is 0.663. The zero-order chi connectivity index (χ0) is 18.7. The van der Waals surface area contributed by atoms with Gasteiger partial charge in [-0.05, 0) is 35.7 Å². The van der Waals surface area contributed by atoms with Crippen molar-refractivity contribution >= 4 is 0 Å². The number of rotatable bonds is 6. The fraction of sp³-hybridized carbons (Fsp3) is 0.333. The average molecular weight is 373 g/mol. The second-order valence-corrected chi connectivity index (χ2v) is 5.80. The standard InChI is InChI=1S/C18H16F5NO2/c19-17(20)25-13-8-6-12(7-9-13)16(26-24-10-3-11-24)14-4-1-2-5-15(14)18(21,22)23/h1-2,4-9,16-17H,3,10-11H2. The summed E-state index contributed by atoms with van der Waals surface area (Å²) in [5, 5.41) is 1.58. The van der Waals surface area contributed by atoms with E-state index in [9.17, 15) is 22.0 Å². The molecule has 1 aliphatic heterocycles. The predicted octanol–water partition coefficient (Wildman–Crippen LogP) is 5.03. The molecule has 0 aromatic heterocycles. The molecule has 0 saturated carbocycles. The van der Waals surface area contributed by atoms with Crippen LogP contribution in [0.5, 0.6) is 5.75 Å². The summed E-state index contributed by atoms with van der Waals surface area (Å²) in [5.74, 6) is -0.0736. The van der Waals surface area contributed by atoms with Gasteiger partial charge in [-0.15, -0.1) is 0 Å². The van der Waals surface area contributed by atoms with Gasteiger partial charge in [0.05, 0.1) is 5.56 Å². The molecular weight excluding hydrogens is 357 g/mol. The molecule has 140 valence electrons. The van der Waals surface area contributed by atoms with Gasteiger partial charge in [-0.2, -0.15) is 27.0 Å². The largest absolute Gasteiger partial charge is 0.435 e. The second kappa shape index (κ2) is 7.59. The fourth-order valence-corrected chi connectivity index (χ4v) is 2.65. The molecule has 0 spiro atoms. The molecule has 1 heterocycles. The van der Waals surface area contributed by atoms with Gasteiger partial charge in [0.15, 0.2) is 0 Å². The second-order valence-electron chi connectivity index (χ2n) is 5.80. The summed E-state index contributed by atoms with van der Waals surface area (Å²) in [5.41, 5.74) is -0.414. The first-order valence-electron chi connectivity index (χ1n) is 7.97. The van der Waals surface area contributed by atoms with Crippen LogP contribution in [0.3, 0.4) is 0 Å². The van der Waals surface area contributed by atoms with E-state index in [1.165, 1.54) is 42.5 Å². The minimum atomic E-state index is -4.54. The maximum absolute atomic E-state index is 13.4. The van der Waals surface area contributed by atoms with Gasteiger partial charge in [-0.25, -0.2) is 0 Å². The first kappa shape index (κ1) is 18.6. The summed E-state index contributed by atoms with van der Waals surface area (Å²) in [6.45, 7) is -1.73. The third-order valence-corrected chi connectivity index (χ3v) is 4.03. The Labute approximate surface area is 146 Å². The van der Waals surface area contributed by atoms with Gasteiger partial charge >= 0.3 is 12.8 Å². The minimum Gasteiger partial charge on any atom is -0.435 e. The van der Waals surface area contributed by atoms with Crippen LogP contribution in [0.1, 0.15) is 29.2 Å². The molecule has 0 aliphatic carbocycles. The van der Waals surface area contributed by atoms with Crippen LogP contribution in [0.15, 0.2) is 48.5 Å². The summed E-state index contributed by atoms with van der Waals surface area (Å²) in [7, 11) is 0. The van der Waals surface area contributed by atoms with Crippen LogP contribution in [0.2, 0.25) is 0 Å². The van der Waals surface area contributed by atoms with Crippen molar-refractivity contribution < 1.29 is 31.5 Å². The normalized spacial score (nSPS) is 16.4. The molecule has 2 aromatic rings. The zero-order valence-electron chi connectivity index (χ0n) is 13.5. The zero-order valence-corrected chi connectivity index (χ0v) is 13.5. The average Bonchev–Trinajstić information content (AvgIpc) is 2.54.